The monoisotopic (exact) mass is 506 g/mol. The molecule has 2 rings (SSSR count). The lowest BCUT2D eigenvalue weighted by Gasteiger charge is -2.30. The molecule has 0 aromatic carbocycles. The fourth-order valence-electron chi connectivity index (χ4n) is 4.96. The zero-order valence-electron chi connectivity index (χ0n) is 22.5. The fourth-order valence-corrected chi connectivity index (χ4v) is 5.60. The van der Waals surface area contributed by atoms with Gasteiger partial charge in [-0.15, -0.1) is 0 Å². The molecular formula is C26H50O7S. The lowest BCUT2D eigenvalue weighted by atomic mass is 9.98. The van der Waals surface area contributed by atoms with Gasteiger partial charge in [0.25, 0.3) is 10.1 Å². The largest absolute Gasteiger partial charge is 0.348 e. The summed E-state index contributed by atoms with van der Waals surface area (Å²) < 4.78 is 53.6. The second-order valence-electron chi connectivity index (χ2n) is 10.9. The van der Waals surface area contributed by atoms with E-state index >= 15 is 0 Å². The normalized spacial score (nSPS) is 27.3. The summed E-state index contributed by atoms with van der Waals surface area (Å²) in [6.07, 6.45) is 15.2. The van der Waals surface area contributed by atoms with Crippen LogP contribution in [0, 0.1) is 0 Å². The molecule has 8 heteroatoms. The molecule has 2 fully saturated rings. The summed E-state index contributed by atoms with van der Waals surface area (Å²) in [6, 6.07) is 0. The first kappa shape index (κ1) is 30.0. The van der Waals surface area contributed by atoms with E-state index in [-0.39, 0.29) is 12.7 Å². The highest BCUT2D eigenvalue weighted by atomic mass is 32.2. The van der Waals surface area contributed by atoms with E-state index < -0.39 is 40.0 Å². The maximum absolute atomic E-state index is 12.0. The highest BCUT2D eigenvalue weighted by Crippen LogP contribution is 2.37. The van der Waals surface area contributed by atoms with Gasteiger partial charge in [-0.05, 0) is 34.1 Å². The van der Waals surface area contributed by atoms with E-state index in [9.17, 15) is 8.42 Å². The Bertz CT molecular complexity index is 677. The van der Waals surface area contributed by atoms with Crippen LogP contribution in [0.1, 0.15) is 118 Å². The average molecular weight is 507 g/mol. The standard InChI is InChI=1S/C26H50O7S/c1-7-8-9-10-11-12-13-14-15-16-17-18-19-21-23(32-26(4,5)30-21)24(33-34(6,27)28)22-20-29-25(2,3)31-22/h21-24H,7-20H2,1-6H3/t21-,22-,23-,24-/m1/s1. The van der Waals surface area contributed by atoms with Crippen molar-refractivity contribution in [3.63, 3.8) is 0 Å². The van der Waals surface area contributed by atoms with E-state index in [0.717, 1.165) is 25.5 Å². The van der Waals surface area contributed by atoms with Crippen LogP contribution in [0.4, 0.5) is 0 Å². The molecule has 2 saturated heterocycles. The van der Waals surface area contributed by atoms with Crippen LogP contribution >= 0.6 is 0 Å². The van der Waals surface area contributed by atoms with Crippen LogP contribution in [0.25, 0.3) is 0 Å². The molecule has 2 aliphatic rings. The van der Waals surface area contributed by atoms with Crippen molar-refractivity contribution in [2.24, 2.45) is 0 Å². The van der Waals surface area contributed by atoms with Crippen LogP contribution in [0.3, 0.4) is 0 Å². The van der Waals surface area contributed by atoms with E-state index in [1.807, 2.05) is 27.7 Å². The van der Waals surface area contributed by atoms with Crippen molar-refractivity contribution < 1.29 is 31.5 Å². The molecule has 202 valence electrons. The Kier molecular flexibility index (Phi) is 12.2. The molecule has 0 spiro atoms. The summed E-state index contributed by atoms with van der Waals surface area (Å²) in [5, 5.41) is 0. The van der Waals surface area contributed by atoms with E-state index in [0.29, 0.717) is 0 Å². The molecule has 0 N–H and O–H groups in total. The maximum Gasteiger partial charge on any atom is 0.264 e. The van der Waals surface area contributed by atoms with Crippen molar-refractivity contribution in [3.05, 3.63) is 0 Å². The fraction of sp³-hybridized carbons (Fsp3) is 1.00. The van der Waals surface area contributed by atoms with Gasteiger partial charge in [0.15, 0.2) is 11.6 Å². The smallest absolute Gasteiger partial charge is 0.264 e. The molecule has 0 bridgehead atoms. The summed E-state index contributed by atoms with van der Waals surface area (Å²) in [5.41, 5.74) is 0. The van der Waals surface area contributed by atoms with Gasteiger partial charge in [-0.1, -0.05) is 84.0 Å². The van der Waals surface area contributed by atoms with Crippen molar-refractivity contribution in [2.75, 3.05) is 12.9 Å². The number of rotatable bonds is 17. The first-order valence-corrected chi connectivity index (χ1v) is 15.3. The van der Waals surface area contributed by atoms with E-state index in [1.165, 1.54) is 64.2 Å². The minimum atomic E-state index is -3.71. The lowest BCUT2D eigenvalue weighted by Crippen LogP contribution is -2.47. The summed E-state index contributed by atoms with van der Waals surface area (Å²) in [4.78, 5) is 0. The average Bonchev–Trinajstić information content (AvgIpc) is 3.24. The van der Waals surface area contributed by atoms with Crippen LogP contribution in [-0.2, 0) is 33.2 Å². The Morgan fingerprint density at radius 2 is 1.32 bits per heavy atom. The second-order valence-corrected chi connectivity index (χ2v) is 12.5. The van der Waals surface area contributed by atoms with E-state index in [2.05, 4.69) is 6.92 Å². The predicted molar refractivity (Wildman–Crippen MR) is 134 cm³/mol. The first-order chi connectivity index (χ1) is 15.9. The van der Waals surface area contributed by atoms with Crippen LogP contribution in [0.2, 0.25) is 0 Å². The molecule has 4 atom stereocenters. The van der Waals surface area contributed by atoms with Gasteiger partial charge in [-0.2, -0.15) is 8.42 Å². The molecular weight excluding hydrogens is 456 g/mol. The van der Waals surface area contributed by atoms with Crippen LogP contribution in [-0.4, -0.2) is 57.3 Å². The molecule has 0 aromatic heterocycles. The summed E-state index contributed by atoms with van der Waals surface area (Å²) in [5.74, 6) is -1.59. The second kappa shape index (κ2) is 13.9. The maximum atomic E-state index is 12.0. The molecule has 0 unspecified atom stereocenters. The number of unbranched alkanes of at least 4 members (excludes halogenated alkanes) is 11. The summed E-state index contributed by atoms with van der Waals surface area (Å²) in [6.45, 7) is 9.84. The number of ether oxygens (including phenoxy) is 4. The summed E-state index contributed by atoms with van der Waals surface area (Å²) in [7, 11) is -3.71. The van der Waals surface area contributed by atoms with Crippen LogP contribution in [0.15, 0.2) is 0 Å². The molecule has 0 aliphatic carbocycles. The Morgan fingerprint density at radius 3 is 1.79 bits per heavy atom. The zero-order chi connectivity index (χ0) is 25.2. The van der Waals surface area contributed by atoms with Crippen molar-refractivity contribution >= 4 is 10.1 Å². The van der Waals surface area contributed by atoms with Gasteiger partial charge in [0.1, 0.15) is 18.3 Å². The van der Waals surface area contributed by atoms with Crippen molar-refractivity contribution in [1.82, 2.24) is 0 Å². The minimum Gasteiger partial charge on any atom is -0.348 e. The van der Waals surface area contributed by atoms with Crippen molar-refractivity contribution in [3.8, 4) is 0 Å². The predicted octanol–water partition coefficient (Wildman–Crippen LogP) is 6.09. The topological polar surface area (TPSA) is 80.3 Å². The molecule has 0 radical (unpaired) electrons. The Hall–Kier alpha value is -0.250. The van der Waals surface area contributed by atoms with E-state index in [4.69, 9.17) is 23.1 Å². The van der Waals surface area contributed by atoms with Crippen molar-refractivity contribution in [1.29, 1.82) is 0 Å². The highest BCUT2D eigenvalue weighted by Gasteiger charge is 2.51. The third-order valence-corrected chi connectivity index (χ3v) is 7.14. The highest BCUT2D eigenvalue weighted by molar-refractivity contribution is 7.86. The lowest BCUT2D eigenvalue weighted by molar-refractivity contribution is -0.174. The Morgan fingerprint density at radius 1 is 0.794 bits per heavy atom. The molecule has 0 saturated carbocycles. The molecule has 7 nitrogen and oxygen atoms in total. The van der Waals surface area contributed by atoms with E-state index in [1.54, 1.807) is 0 Å². The quantitative estimate of drug-likeness (QED) is 0.174. The van der Waals surface area contributed by atoms with Gasteiger partial charge in [-0.3, -0.25) is 4.18 Å². The Labute approximate surface area is 208 Å². The molecule has 34 heavy (non-hydrogen) atoms. The van der Waals surface area contributed by atoms with Crippen LogP contribution in [0.5, 0.6) is 0 Å². The molecule has 2 heterocycles. The van der Waals surface area contributed by atoms with Gasteiger partial charge in [0, 0.05) is 0 Å². The minimum absolute atomic E-state index is 0.249. The third kappa shape index (κ3) is 11.2. The summed E-state index contributed by atoms with van der Waals surface area (Å²) >= 11 is 0. The Balaban J connectivity index is 1.78. The van der Waals surface area contributed by atoms with Gasteiger partial charge < -0.3 is 18.9 Å². The third-order valence-electron chi connectivity index (χ3n) is 6.57. The molecule has 0 amide bonds. The van der Waals surface area contributed by atoms with Crippen molar-refractivity contribution in [2.45, 2.75) is 154 Å². The van der Waals surface area contributed by atoms with Gasteiger partial charge in [0.05, 0.1) is 19.0 Å². The zero-order valence-corrected chi connectivity index (χ0v) is 23.3. The number of hydrogen-bond acceptors (Lipinski definition) is 7. The molecule has 0 aromatic rings. The van der Waals surface area contributed by atoms with Gasteiger partial charge in [0.2, 0.25) is 0 Å². The van der Waals surface area contributed by atoms with Crippen LogP contribution < -0.4 is 0 Å². The van der Waals surface area contributed by atoms with Gasteiger partial charge in [-0.25, -0.2) is 0 Å². The molecule has 2 aliphatic heterocycles. The SMILES string of the molecule is CCCCCCCCCCCCCC[C@H]1OC(C)(C)O[C@H]1[C@H](OS(C)(=O)=O)[C@H]1COC(C)(C)O1. The first-order valence-electron chi connectivity index (χ1n) is 13.5. The van der Waals surface area contributed by atoms with Gasteiger partial charge >= 0.3 is 0 Å². The number of hydrogen-bond donors (Lipinski definition) is 0.